The molecule has 0 spiro atoms. The maximum Gasteiger partial charge on any atom is 0.181 e. The molecular weight excluding hydrogens is 208 g/mol. The first kappa shape index (κ1) is 12.3. The molecule has 0 bridgehead atoms. The minimum absolute atomic E-state index is 0.171. The van der Waals surface area contributed by atoms with E-state index in [4.69, 9.17) is 18.9 Å². The average molecular weight is 230 g/mol. The van der Waals surface area contributed by atoms with Crippen LogP contribution in [-0.4, -0.2) is 44.9 Å². The van der Waals surface area contributed by atoms with Crippen molar-refractivity contribution in [1.82, 2.24) is 0 Å². The van der Waals surface area contributed by atoms with Crippen molar-refractivity contribution in [2.75, 3.05) is 33.0 Å². The summed E-state index contributed by atoms with van der Waals surface area (Å²) in [6, 6.07) is 0. The summed E-state index contributed by atoms with van der Waals surface area (Å²) in [4.78, 5) is 0. The van der Waals surface area contributed by atoms with Crippen LogP contribution in [-0.2, 0) is 18.9 Å². The van der Waals surface area contributed by atoms with Crippen molar-refractivity contribution in [3.05, 3.63) is 0 Å². The van der Waals surface area contributed by atoms with Gasteiger partial charge in [0.15, 0.2) is 6.29 Å². The molecule has 1 atom stereocenters. The Balaban J connectivity index is 1.65. The van der Waals surface area contributed by atoms with Crippen LogP contribution in [0.2, 0.25) is 0 Å². The molecule has 2 saturated heterocycles. The molecular formula is C12H22O4. The SMILES string of the molecule is CCC1(COCC2OCC(C)(C)O2)COC1. The zero-order valence-electron chi connectivity index (χ0n) is 10.5. The lowest BCUT2D eigenvalue weighted by atomic mass is 9.84. The summed E-state index contributed by atoms with van der Waals surface area (Å²) in [6.45, 7) is 9.78. The number of rotatable bonds is 5. The zero-order valence-corrected chi connectivity index (χ0v) is 10.5. The second-order valence-electron chi connectivity index (χ2n) is 5.48. The summed E-state index contributed by atoms with van der Waals surface area (Å²) >= 11 is 0. The third-order valence-corrected chi connectivity index (χ3v) is 3.30. The molecule has 1 unspecified atom stereocenters. The van der Waals surface area contributed by atoms with Gasteiger partial charge < -0.3 is 18.9 Å². The van der Waals surface area contributed by atoms with E-state index in [0.717, 1.165) is 26.2 Å². The standard InChI is InChI=1S/C12H22O4/c1-4-12(8-14-9-12)7-13-5-10-15-6-11(2,3)16-10/h10H,4-9H2,1-3H3. The molecule has 2 aliphatic heterocycles. The summed E-state index contributed by atoms with van der Waals surface area (Å²) in [5.74, 6) is 0. The Morgan fingerprint density at radius 2 is 2.00 bits per heavy atom. The number of hydrogen-bond acceptors (Lipinski definition) is 4. The van der Waals surface area contributed by atoms with Crippen molar-refractivity contribution in [1.29, 1.82) is 0 Å². The predicted octanol–water partition coefficient (Wildman–Crippen LogP) is 1.58. The molecule has 0 N–H and O–H groups in total. The summed E-state index contributed by atoms with van der Waals surface area (Å²) in [5, 5.41) is 0. The van der Waals surface area contributed by atoms with Gasteiger partial charge in [-0.3, -0.25) is 0 Å². The third-order valence-electron chi connectivity index (χ3n) is 3.30. The van der Waals surface area contributed by atoms with Gasteiger partial charge in [0.1, 0.15) is 0 Å². The van der Waals surface area contributed by atoms with E-state index in [-0.39, 0.29) is 17.3 Å². The highest BCUT2D eigenvalue weighted by atomic mass is 16.7. The van der Waals surface area contributed by atoms with Gasteiger partial charge in [0.2, 0.25) is 0 Å². The monoisotopic (exact) mass is 230 g/mol. The van der Waals surface area contributed by atoms with Crippen molar-refractivity contribution < 1.29 is 18.9 Å². The Hall–Kier alpha value is -0.160. The Kier molecular flexibility index (Phi) is 3.54. The van der Waals surface area contributed by atoms with E-state index in [0.29, 0.717) is 13.2 Å². The fourth-order valence-corrected chi connectivity index (χ4v) is 1.95. The van der Waals surface area contributed by atoms with E-state index in [1.807, 2.05) is 13.8 Å². The van der Waals surface area contributed by atoms with Crippen molar-refractivity contribution in [3.8, 4) is 0 Å². The molecule has 0 radical (unpaired) electrons. The predicted molar refractivity (Wildman–Crippen MR) is 59.3 cm³/mol. The molecule has 2 heterocycles. The molecule has 4 nitrogen and oxygen atoms in total. The Bertz CT molecular complexity index is 230. The van der Waals surface area contributed by atoms with Crippen molar-refractivity contribution in [3.63, 3.8) is 0 Å². The van der Waals surface area contributed by atoms with Gasteiger partial charge in [-0.15, -0.1) is 0 Å². The molecule has 0 aromatic heterocycles. The maximum atomic E-state index is 5.68. The highest BCUT2D eigenvalue weighted by Crippen LogP contribution is 2.31. The largest absolute Gasteiger partial charge is 0.380 e. The molecule has 2 fully saturated rings. The highest BCUT2D eigenvalue weighted by Gasteiger charge is 2.38. The Morgan fingerprint density at radius 3 is 2.44 bits per heavy atom. The normalized spacial score (nSPS) is 31.3. The molecule has 2 aliphatic rings. The third kappa shape index (κ3) is 2.74. The molecule has 94 valence electrons. The summed E-state index contributed by atoms with van der Waals surface area (Å²) in [5.41, 5.74) is 0.0736. The Morgan fingerprint density at radius 1 is 1.25 bits per heavy atom. The lowest BCUT2D eigenvalue weighted by molar-refractivity contribution is -0.175. The second-order valence-corrected chi connectivity index (χ2v) is 5.48. The van der Waals surface area contributed by atoms with Gasteiger partial charge in [0, 0.05) is 5.41 Å². The second kappa shape index (κ2) is 4.61. The van der Waals surface area contributed by atoms with Crippen LogP contribution < -0.4 is 0 Å². The van der Waals surface area contributed by atoms with Crippen molar-refractivity contribution in [2.45, 2.75) is 39.1 Å². The van der Waals surface area contributed by atoms with E-state index in [2.05, 4.69) is 6.92 Å². The van der Waals surface area contributed by atoms with Crippen LogP contribution >= 0.6 is 0 Å². The molecule has 2 rings (SSSR count). The quantitative estimate of drug-likeness (QED) is 0.718. The molecule has 0 aliphatic carbocycles. The van der Waals surface area contributed by atoms with Gasteiger partial charge in [-0.1, -0.05) is 6.92 Å². The minimum atomic E-state index is -0.204. The van der Waals surface area contributed by atoms with Gasteiger partial charge in [0.25, 0.3) is 0 Å². The van der Waals surface area contributed by atoms with Gasteiger partial charge in [-0.05, 0) is 20.3 Å². The minimum Gasteiger partial charge on any atom is -0.380 e. The van der Waals surface area contributed by atoms with Gasteiger partial charge >= 0.3 is 0 Å². The van der Waals surface area contributed by atoms with Gasteiger partial charge in [-0.25, -0.2) is 0 Å². The van der Waals surface area contributed by atoms with Crippen LogP contribution in [0.3, 0.4) is 0 Å². The number of ether oxygens (including phenoxy) is 4. The summed E-state index contributed by atoms with van der Waals surface area (Å²) in [6.07, 6.45) is 0.898. The van der Waals surface area contributed by atoms with Crippen LogP contribution in [0.4, 0.5) is 0 Å². The lowest BCUT2D eigenvalue weighted by Crippen LogP contribution is -2.46. The number of hydrogen-bond donors (Lipinski definition) is 0. The smallest absolute Gasteiger partial charge is 0.181 e. The molecule has 0 aromatic carbocycles. The molecule has 0 amide bonds. The van der Waals surface area contributed by atoms with Crippen LogP contribution in [0.15, 0.2) is 0 Å². The first-order valence-corrected chi connectivity index (χ1v) is 6.00. The van der Waals surface area contributed by atoms with Gasteiger partial charge in [0.05, 0.1) is 38.6 Å². The van der Waals surface area contributed by atoms with Gasteiger partial charge in [-0.2, -0.15) is 0 Å². The highest BCUT2D eigenvalue weighted by molar-refractivity contribution is 4.84. The van der Waals surface area contributed by atoms with Crippen LogP contribution in [0, 0.1) is 5.41 Å². The topological polar surface area (TPSA) is 36.9 Å². The van der Waals surface area contributed by atoms with E-state index in [1.54, 1.807) is 0 Å². The van der Waals surface area contributed by atoms with E-state index >= 15 is 0 Å². The lowest BCUT2D eigenvalue weighted by Gasteiger charge is -2.40. The summed E-state index contributed by atoms with van der Waals surface area (Å²) in [7, 11) is 0. The van der Waals surface area contributed by atoms with E-state index in [1.165, 1.54) is 0 Å². The van der Waals surface area contributed by atoms with E-state index < -0.39 is 0 Å². The van der Waals surface area contributed by atoms with Crippen LogP contribution in [0.25, 0.3) is 0 Å². The fourth-order valence-electron chi connectivity index (χ4n) is 1.95. The molecule has 4 heteroatoms. The van der Waals surface area contributed by atoms with E-state index in [9.17, 15) is 0 Å². The fraction of sp³-hybridized carbons (Fsp3) is 1.00. The molecule has 0 saturated carbocycles. The van der Waals surface area contributed by atoms with Crippen molar-refractivity contribution in [2.24, 2.45) is 5.41 Å². The molecule has 0 aromatic rings. The first-order valence-electron chi connectivity index (χ1n) is 6.00. The van der Waals surface area contributed by atoms with Crippen molar-refractivity contribution >= 4 is 0 Å². The van der Waals surface area contributed by atoms with Crippen LogP contribution in [0.5, 0.6) is 0 Å². The maximum absolute atomic E-state index is 5.68. The zero-order chi connectivity index (χ0) is 11.6. The van der Waals surface area contributed by atoms with Crippen LogP contribution in [0.1, 0.15) is 27.2 Å². The summed E-state index contributed by atoms with van der Waals surface area (Å²) < 4.78 is 22.1. The first-order chi connectivity index (χ1) is 7.55. The molecule has 16 heavy (non-hydrogen) atoms. The average Bonchev–Trinajstić information content (AvgIpc) is 2.51. The Labute approximate surface area is 97.2 Å².